The van der Waals surface area contributed by atoms with E-state index in [1.807, 2.05) is 0 Å². The second-order valence-electron chi connectivity index (χ2n) is 9.67. The first-order valence-corrected chi connectivity index (χ1v) is 12.6. The van der Waals surface area contributed by atoms with E-state index in [1.54, 1.807) is 24.3 Å². The number of aromatic hydroxyl groups is 1. The first-order chi connectivity index (χ1) is 16.5. The van der Waals surface area contributed by atoms with E-state index >= 15 is 4.39 Å². The van der Waals surface area contributed by atoms with Crippen LogP contribution in [0.25, 0.3) is 21.7 Å². The molecule has 0 saturated heterocycles. The average Bonchev–Trinajstić information content (AvgIpc) is 3.40. The van der Waals surface area contributed by atoms with Crippen molar-refractivity contribution in [3.8, 4) is 33.3 Å². The number of hydrogen-bond acceptors (Lipinski definition) is 7. The maximum absolute atomic E-state index is 15.4. The van der Waals surface area contributed by atoms with Crippen LogP contribution in [-0.2, 0) is 0 Å². The molecule has 1 aromatic carbocycles. The standard InChI is InChI=1S/C25H26F2N4O2S/c1-33-22-12-16(11-21(26)28-22)14-4-7-18(20(32)10-14)24-29-30-25(34-24)31(17-5-6-17)19-9-13-2-3-15(8-13)23(19)27/h4,7,10-13,15,17,19,23,32H,2-3,5-6,8-9H2,1H3/t13-,15+,19+,23-/m1/s1. The van der Waals surface area contributed by atoms with Crippen molar-refractivity contribution in [1.82, 2.24) is 15.2 Å². The number of fused-ring (bicyclic) bond motifs is 2. The van der Waals surface area contributed by atoms with E-state index < -0.39 is 12.1 Å². The Morgan fingerprint density at radius 3 is 2.68 bits per heavy atom. The predicted octanol–water partition coefficient (Wildman–Crippen LogP) is 5.62. The highest BCUT2D eigenvalue weighted by Crippen LogP contribution is 2.49. The molecule has 6 rings (SSSR count). The fraction of sp³-hybridized carbons (Fsp3) is 0.480. The molecule has 2 bridgehead atoms. The third-order valence-corrected chi connectivity index (χ3v) is 8.42. The molecular formula is C25H26F2N4O2S. The molecule has 3 aliphatic rings. The fourth-order valence-electron chi connectivity index (χ4n) is 5.66. The van der Waals surface area contributed by atoms with Gasteiger partial charge in [-0.15, -0.1) is 10.2 Å². The van der Waals surface area contributed by atoms with Gasteiger partial charge in [0.15, 0.2) is 5.01 Å². The molecule has 6 nitrogen and oxygen atoms in total. The third-order valence-electron chi connectivity index (χ3n) is 7.45. The molecule has 1 N–H and O–H groups in total. The number of hydrogen-bond donors (Lipinski definition) is 1. The molecule has 0 aliphatic heterocycles. The van der Waals surface area contributed by atoms with Gasteiger partial charge in [0.1, 0.15) is 11.9 Å². The van der Waals surface area contributed by atoms with Gasteiger partial charge in [-0.05, 0) is 73.6 Å². The number of aromatic nitrogens is 3. The average molecular weight is 485 g/mol. The van der Waals surface area contributed by atoms with Gasteiger partial charge >= 0.3 is 0 Å². The minimum atomic E-state index is -0.822. The van der Waals surface area contributed by atoms with Crippen molar-refractivity contribution in [2.45, 2.75) is 56.8 Å². The van der Waals surface area contributed by atoms with Gasteiger partial charge in [-0.25, -0.2) is 4.39 Å². The zero-order valence-corrected chi connectivity index (χ0v) is 19.6. The Labute approximate surface area is 200 Å². The van der Waals surface area contributed by atoms with E-state index in [9.17, 15) is 9.50 Å². The summed E-state index contributed by atoms with van der Waals surface area (Å²) in [6.45, 7) is 0. The number of methoxy groups -OCH3 is 1. The second kappa shape index (κ2) is 8.45. The molecule has 34 heavy (non-hydrogen) atoms. The lowest BCUT2D eigenvalue weighted by molar-refractivity contribution is 0.140. The smallest absolute Gasteiger partial charge is 0.216 e. The highest BCUT2D eigenvalue weighted by atomic mass is 32.1. The van der Waals surface area contributed by atoms with Crippen LogP contribution < -0.4 is 9.64 Å². The van der Waals surface area contributed by atoms with Gasteiger partial charge in [-0.3, -0.25) is 0 Å². The second-order valence-corrected chi connectivity index (χ2v) is 10.6. The highest BCUT2D eigenvalue weighted by molar-refractivity contribution is 7.18. The molecule has 3 aromatic rings. The summed E-state index contributed by atoms with van der Waals surface area (Å²) < 4.78 is 34.2. The van der Waals surface area contributed by atoms with Crippen LogP contribution in [0.4, 0.5) is 13.9 Å². The molecule has 0 unspecified atom stereocenters. The number of anilines is 1. The van der Waals surface area contributed by atoms with Gasteiger partial charge in [-0.1, -0.05) is 17.4 Å². The molecule has 3 fully saturated rings. The van der Waals surface area contributed by atoms with Crippen LogP contribution >= 0.6 is 11.3 Å². The van der Waals surface area contributed by atoms with Crippen molar-refractivity contribution in [1.29, 1.82) is 0 Å². The molecule has 3 aliphatic carbocycles. The molecule has 0 amide bonds. The van der Waals surface area contributed by atoms with E-state index in [0.29, 0.717) is 33.7 Å². The van der Waals surface area contributed by atoms with E-state index in [0.717, 1.165) is 43.7 Å². The van der Waals surface area contributed by atoms with E-state index in [1.165, 1.54) is 24.5 Å². The van der Waals surface area contributed by atoms with Crippen molar-refractivity contribution >= 4 is 16.5 Å². The highest BCUT2D eigenvalue weighted by Gasteiger charge is 2.48. The predicted molar refractivity (Wildman–Crippen MR) is 126 cm³/mol. The van der Waals surface area contributed by atoms with Gasteiger partial charge in [-0.2, -0.15) is 9.37 Å². The summed E-state index contributed by atoms with van der Waals surface area (Å²) in [5.74, 6) is 0.312. The minimum Gasteiger partial charge on any atom is -0.507 e. The van der Waals surface area contributed by atoms with Gasteiger partial charge < -0.3 is 14.7 Å². The Balaban J connectivity index is 1.29. The van der Waals surface area contributed by atoms with Gasteiger partial charge in [0.25, 0.3) is 0 Å². The summed E-state index contributed by atoms with van der Waals surface area (Å²) >= 11 is 1.39. The maximum atomic E-state index is 15.4. The summed E-state index contributed by atoms with van der Waals surface area (Å²) in [5, 5.41) is 20.9. The Kier molecular flexibility index (Phi) is 5.39. The lowest BCUT2D eigenvalue weighted by Gasteiger charge is -2.39. The first-order valence-electron chi connectivity index (χ1n) is 11.8. The number of benzene rings is 1. The summed E-state index contributed by atoms with van der Waals surface area (Å²) in [5.41, 5.74) is 1.72. The molecule has 0 spiro atoms. The summed E-state index contributed by atoms with van der Waals surface area (Å²) in [4.78, 5) is 5.85. The number of phenols is 1. The van der Waals surface area contributed by atoms with Crippen LogP contribution in [0.3, 0.4) is 0 Å². The molecule has 3 saturated carbocycles. The zero-order valence-electron chi connectivity index (χ0n) is 18.8. The van der Waals surface area contributed by atoms with Crippen molar-refractivity contribution in [2.75, 3.05) is 12.0 Å². The summed E-state index contributed by atoms with van der Waals surface area (Å²) in [6, 6.07) is 8.21. The topological polar surface area (TPSA) is 71.4 Å². The largest absolute Gasteiger partial charge is 0.507 e. The minimum absolute atomic E-state index is 0.0217. The quantitative estimate of drug-likeness (QED) is 0.458. The van der Waals surface area contributed by atoms with Crippen molar-refractivity contribution in [3.05, 3.63) is 36.3 Å². The fourth-order valence-corrected chi connectivity index (χ4v) is 6.66. The van der Waals surface area contributed by atoms with E-state index in [4.69, 9.17) is 4.74 Å². The first kappa shape index (κ1) is 21.7. The maximum Gasteiger partial charge on any atom is 0.216 e. The van der Waals surface area contributed by atoms with Crippen molar-refractivity contribution in [2.24, 2.45) is 11.8 Å². The SMILES string of the molecule is COc1cc(-c2ccc(-c3nnc(N(C4CC4)[C@H]4C[C@@H]5CC[C@@H](C5)[C@H]4F)s3)c(O)c2)cc(F)n1. The van der Waals surface area contributed by atoms with E-state index in [-0.39, 0.29) is 23.6 Å². The van der Waals surface area contributed by atoms with Crippen LogP contribution in [0.5, 0.6) is 11.6 Å². The molecule has 0 radical (unpaired) electrons. The number of phenolic OH excluding ortho intramolecular Hbond substituents is 1. The summed E-state index contributed by atoms with van der Waals surface area (Å²) in [7, 11) is 1.42. The molecule has 4 atom stereocenters. The molecule has 2 heterocycles. The molecular weight excluding hydrogens is 458 g/mol. The number of rotatable bonds is 6. The Hall–Kier alpha value is -2.81. The van der Waals surface area contributed by atoms with Crippen LogP contribution in [0.2, 0.25) is 0 Å². The lowest BCUT2D eigenvalue weighted by atomic mass is 9.83. The Morgan fingerprint density at radius 1 is 1.06 bits per heavy atom. The van der Waals surface area contributed by atoms with E-state index in [2.05, 4.69) is 20.1 Å². The number of nitrogens with zero attached hydrogens (tertiary/aromatic N) is 4. The van der Waals surface area contributed by atoms with Crippen LogP contribution in [0, 0.1) is 17.8 Å². The Morgan fingerprint density at radius 2 is 1.91 bits per heavy atom. The Bertz CT molecular complexity index is 1220. The monoisotopic (exact) mass is 484 g/mol. The molecule has 178 valence electrons. The van der Waals surface area contributed by atoms with Crippen molar-refractivity contribution < 1.29 is 18.6 Å². The van der Waals surface area contributed by atoms with Crippen LogP contribution in [0.1, 0.15) is 38.5 Å². The van der Waals surface area contributed by atoms with Gasteiger partial charge in [0.2, 0.25) is 17.0 Å². The zero-order chi connectivity index (χ0) is 23.4. The molecule has 9 heteroatoms. The lowest BCUT2D eigenvalue weighted by Crippen LogP contribution is -2.48. The summed E-state index contributed by atoms with van der Waals surface area (Å²) in [6.07, 6.45) is 5.32. The van der Waals surface area contributed by atoms with Gasteiger partial charge in [0.05, 0.1) is 18.7 Å². The number of pyridine rings is 1. The molecule has 2 aromatic heterocycles. The van der Waals surface area contributed by atoms with Crippen LogP contribution in [-0.4, -0.2) is 45.7 Å². The number of halogens is 2. The number of ether oxygens (including phenoxy) is 1. The third kappa shape index (κ3) is 3.89. The van der Waals surface area contributed by atoms with Gasteiger partial charge in [0, 0.05) is 18.2 Å². The normalized spacial score (nSPS) is 26.0. The van der Waals surface area contributed by atoms with Crippen molar-refractivity contribution in [3.63, 3.8) is 0 Å². The number of alkyl halides is 1. The van der Waals surface area contributed by atoms with Crippen LogP contribution in [0.15, 0.2) is 30.3 Å².